The molecule has 0 saturated carbocycles. The molecule has 1 fully saturated rings. The second-order valence-electron chi connectivity index (χ2n) is 5.08. The van der Waals surface area contributed by atoms with E-state index < -0.39 is 0 Å². The molecule has 5 nitrogen and oxygen atoms in total. The molecule has 2 heterocycles. The van der Waals surface area contributed by atoms with E-state index in [0.29, 0.717) is 10.9 Å². The largest absolute Gasteiger partial charge is 0.373 e. The van der Waals surface area contributed by atoms with Crippen LogP contribution in [0.25, 0.3) is 0 Å². The highest BCUT2D eigenvalue weighted by atomic mass is 32.2. The number of rotatable bonds is 5. The first kappa shape index (κ1) is 15.8. The number of thioether (sulfide) groups is 1. The van der Waals surface area contributed by atoms with Gasteiger partial charge in [0.1, 0.15) is 0 Å². The molecule has 1 aliphatic rings. The van der Waals surface area contributed by atoms with E-state index in [2.05, 4.69) is 29.0 Å². The predicted octanol–water partition coefficient (Wildman–Crippen LogP) is 2.05. The number of nitrogens with zero attached hydrogens (tertiary/aromatic N) is 2. The monoisotopic (exact) mass is 315 g/mol. The van der Waals surface area contributed by atoms with Crippen molar-refractivity contribution in [2.45, 2.75) is 32.6 Å². The van der Waals surface area contributed by atoms with E-state index in [0.717, 1.165) is 25.3 Å². The van der Waals surface area contributed by atoms with E-state index in [4.69, 9.17) is 4.74 Å². The molecule has 1 aliphatic heterocycles. The Bertz CT molecular complexity index is 443. The van der Waals surface area contributed by atoms with Gasteiger partial charge in [0.05, 0.1) is 23.7 Å². The van der Waals surface area contributed by atoms with E-state index >= 15 is 0 Å². The van der Waals surface area contributed by atoms with Crippen LogP contribution < -0.4 is 5.32 Å². The van der Waals surface area contributed by atoms with Crippen molar-refractivity contribution in [2.24, 2.45) is 0 Å². The van der Waals surface area contributed by atoms with Crippen LogP contribution in [0.4, 0.5) is 5.13 Å². The first-order chi connectivity index (χ1) is 9.56. The summed E-state index contributed by atoms with van der Waals surface area (Å²) in [6.07, 6.45) is 2.43. The number of amides is 1. The SMILES string of the molecule is CSCC(=O)Nc1nc(CN2CC(C)OC(C)C2)cs1. The van der Waals surface area contributed by atoms with Gasteiger partial charge in [-0.1, -0.05) is 0 Å². The predicted molar refractivity (Wildman–Crippen MR) is 84.4 cm³/mol. The van der Waals surface area contributed by atoms with Crippen LogP contribution in [0.1, 0.15) is 19.5 Å². The van der Waals surface area contributed by atoms with Crippen LogP contribution in [0.5, 0.6) is 0 Å². The van der Waals surface area contributed by atoms with Crippen molar-refractivity contribution in [1.82, 2.24) is 9.88 Å². The van der Waals surface area contributed by atoms with Crippen LogP contribution >= 0.6 is 23.1 Å². The summed E-state index contributed by atoms with van der Waals surface area (Å²) in [6.45, 7) is 6.86. The molecule has 1 N–H and O–H groups in total. The minimum atomic E-state index is 0.00650. The Hall–Kier alpha value is -0.630. The number of ether oxygens (including phenoxy) is 1. The summed E-state index contributed by atoms with van der Waals surface area (Å²) < 4.78 is 5.72. The van der Waals surface area contributed by atoms with Gasteiger partial charge in [0.25, 0.3) is 0 Å². The maximum Gasteiger partial charge on any atom is 0.236 e. The Morgan fingerprint density at radius 2 is 2.25 bits per heavy atom. The summed E-state index contributed by atoms with van der Waals surface area (Å²) >= 11 is 2.99. The minimum absolute atomic E-state index is 0.00650. The number of hydrogen-bond donors (Lipinski definition) is 1. The van der Waals surface area contributed by atoms with Crippen molar-refractivity contribution in [1.29, 1.82) is 0 Å². The second kappa shape index (κ2) is 7.40. The van der Waals surface area contributed by atoms with Gasteiger partial charge in [-0.25, -0.2) is 4.98 Å². The molecule has 2 rings (SSSR count). The van der Waals surface area contributed by atoms with Gasteiger partial charge < -0.3 is 10.1 Å². The molecule has 1 amide bonds. The maximum atomic E-state index is 11.5. The Morgan fingerprint density at radius 1 is 1.55 bits per heavy atom. The summed E-state index contributed by atoms with van der Waals surface area (Å²) in [5, 5.41) is 5.52. The molecule has 0 aliphatic carbocycles. The number of aromatic nitrogens is 1. The standard InChI is InChI=1S/C13H21N3O2S2/c1-9-4-16(5-10(2)18-9)6-11-7-20-13(14-11)15-12(17)8-19-3/h7,9-10H,4-6,8H2,1-3H3,(H,14,15,17). The van der Waals surface area contributed by atoms with E-state index in [1.54, 1.807) is 0 Å². The highest BCUT2D eigenvalue weighted by Crippen LogP contribution is 2.19. The molecule has 1 saturated heterocycles. The van der Waals surface area contributed by atoms with Gasteiger partial charge in [-0.05, 0) is 20.1 Å². The number of nitrogens with one attached hydrogen (secondary N) is 1. The Kier molecular flexibility index (Phi) is 5.83. The topological polar surface area (TPSA) is 54.5 Å². The number of morpholine rings is 1. The van der Waals surface area contributed by atoms with E-state index in [9.17, 15) is 4.79 Å². The number of carbonyl (C=O) groups is 1. The molecule has 0 aromatic carbocycles. The fraction of sp³-hybridized carbons (Fsp3) is 0.692. The zero-order valence-corrected chi connectivity index (χ0v) is 13.7. The average Bonchev–Trinajstić information content (AvgIpc) is 2.75. The normalized spacial score (nSPS) is 23.8. The number of thiazole rings is 1. The molecular formula is C13H21N3O2S2. The molecule has 20 heavy (non-hydrogen) atoms. The van der Waals surface area contributed by atoms with Crippen molar-refractivity contribution in [3.8, 4) is 0 Å². The molecule has 112 valence electrons. The molecule has 2 atom stereocenters. The van der Waals surface area contributed by atoms with Gasteiger partial charge in [-0.3, -0.25) is 9.69 Å². The molecule has 1 aromatic rings. The highest BCUT2D eigenvalue weighted by molar-refractivity contribution is 7.99. The zero-order chi connectivity index (χ0) is 14.5. The van der Waals surface area contributed by atoms with Gasteiger partial charge in [0.2, 0.25) is 5.91 Å². The van der Waals surface area contributed by atoms with Crippen molar-refractivity contribution < 1.29 is 9.53 Å². The molecular weight excluding hydrogens is 294 g/mol. The number of anilines is 1. The maximum absolute atomic E-state index is 11.5. The average molecular weight is 315 g/mol. The number of carbonyl (C=O) groups excluding carboxylic acids is 1. The van der Waals surface area contributed by atoms with Crippen molar-refractivity contribution in [2.75, 3.05) is 30.4 Å². The van der Waals surface area contributed by atoms with Crippen molar-refractivity contribution >= 4 is 34.1 Å². The van der Waals surface area contributed by atoms with Crippen LogP contribution in [0.2, 0.25) is 0 Å². The fourth-order valence-electron chi connectivity index (χ4n) is 2.37. The van der Waals surface area contributed by atoms with Gasteiger partial charge >= 0.3 is 0 Å². The first-order valence-electron chi connectivity index (χ1n) is 6.68. The summed E-state index contributed by atoms with van der Waals surface area (Å²) in [7, 11) is 0. The van der Waals surface area contributed by atoms with Crippen molar-refractivity contribution in [3.63, 3.8) is 0 Å². The van der Waals surface area contributed by atoms with Crippen LogP contribution in [-0.2, 0) is 16.1 Å². The summed E-state index contributed by atoms with van der Waals surface area (Å²) in [6, 6.07) is 0. The second-order valence-corrected chi connectivity index (χ2v) is 6.80. The first-order valence-corrected chi connectivity index (χ1v) is 8.95. The van der Waals surface area contributed by atoms with Gasteiger partial charge in [0.15, 0.2) is 5.13 Å². The van der Waals surface area contributed by atoms with Crippen LogP contribution in [-0.4, -0.2) is 53.1 Å². The Balaban J connectivity index is 1.87. The van der Waals surface area contributed by atoms with Gasteiger partial charge in [-0.15, -0.1) is 11.3 Å². The lowest BCUT2D eigenvalue weighted by atomic mass is 10.2. The molecule has 0 radical (unpaired) electrons. The van der Waals surface area contributed by atoms with E-state index in [1.807, 2.05) is 11.6 Å². The molecule has 0 bridgehead atoms. The van der Waals surface area contributed by atoms with Crippen LogP contribution in [0.3, 0.4) is 0 Å². The van der Waals surface area contributed by atoms with Crippen LogP contribution in [0.15, 0.2) is 5.38 Å². The Labute approximate surface area is 128 Å². The highest BCUT2D eigenvalue weighted by Gasteiger charge is 2.22. The fourth-order valence-corrected chi connectivity index (χ4v) is 3.42. The van der Waals surface area contributed by atoms with Gasteiger partial charge in [0, 0.05) is 25.0 Å². The quantitative estimate of drug-likeness (QED) is 0.901. The zero-order valence-electron chi connectivity index (χ0n) is 12.1. The lowest BCUT2D eigenvalue weighted by molar-refractivity contribution is -0.113. The number of hydrogen-bond acceptors (Lipinski definition) is 6. The Morgan fingerprint density at radius 3 is 2.90 bits per heavy atom. The molecule has 0 spiro atoms. The third kappa shape index (κ3) is 4.73. The molecule has 2 unspecified atom stereocenters. The molecule has 7 heteroatoms. The van der Waals surface area contributed by atoms with Crippen molar-refractivity contribution in [3.05, 3.63) is 11.1 Å². The molecule has 1 aromatic heterocycles. The van der Waals surface area contributed by atoms with E-state index in [1.165, 1.54) is 23.1 Å². The van der Waals surface area contributed by atoms with Crippen LogP contribution in [0, 0.1) is 0 Å². The summed E-state index contributed by atoms with van der Waals surface area (Å²) in [4.78, 5) is 18.3. The smallest absolute Gasteiger partial charge is 0.236 e. The third-order valence-corrected chi connectivity index (χ3v) is 4.31. The van der Waals surface area contributed by atoms with Gasteiger partial charge in [-0.2, -0.15) is 11.8 Å². The van der Waals surface area contributed by atoms with E-state index in [-0.39, 0.29) is 18.1 Å². The summed E-state index contributed by atoms with van der Waals surface area (Å²) in [5.74, 6) is 0.472. The summed E-state index contributed by atoms with van der Waals surface area (Å²) in [5.41, 5.74) is 1.01. The lowest BCUT2D eigenvalue weighted by Gasteiger charge is -2.34. The third-order valence-electron chi connectivity index (χ3n) is 2.95. The lowest BCUT2D eigenvalue weighted by Crippen LogP contribution is -2.44. The minimum Gasteiger partial charge on any atom is -0.373 e.